The van der Waals surface area contributed by atoms with Crippen LogP contribution in [0.15, 0.2) is 54.6 Å². The molecule has 0 bridgehead atoms. The van der Waals surface area contributed by atoms with E-state index < -0.39 is 0 Å². The largest absolute Gasteiger partial charge is 0.213 e. The van der Waals surface area contributed by atoms with Crippen LogP contribution in [0, 0.1) is 13.8 Å². The molecule has 3 aromatic rings. The van der Waals surface area contributed by atoms with Crippen LogP contribution in [-0.2, 0) is 7.05 Å². The summed E-state index contributed by atoms with van der Waals surface area (Å²) in [6, 6.07) is 19.4. The molecular weight excluding hydrogens is 230 g/mol. The van der Waals surface area contributed by atoms with Gasteiger partial charge in [0.2, 0.25) is 11.2 Å². The Labute approximate surface area is 114 Å². The first-order valence-electron chi connectivity index (χ1n) is 6.63. The molecule has 0 radical (unpaired) electrons. The van der Waals surface area contributed by atoms with Crippen molar-refractivity contribution in [3.63, 3.8) is 0 Å². The lowest BCUT2D eigenvalue weighted by molar-refractivity contribution is -0.633. The molecule has 94 valence electrons. The van der Waals surface area contributed by atoms with E-state index in [1.165, 1.54) is 33.3 Å². The molecule has 2 aromatic carbocycles. The minimum atomic E-state index is 1.27. The molecule has 0 saturated heterocycles. The minimum absolute atomic E-state index is 1.27. The van der Waals surface area contributed by atoms with Gasteiger partial charge in [-0.2, -0.15) is 4.57 Å². The van der Waals surface area contributed by atoms with Crippen molar-refractivity contribution >= 4 is 10.9 Å². The molecule has 0 N–H and O–H groups in total. The van der Waals surface area contributed by atoms with Crippen molar-refractivity contribution in [2.24, 2.45) is 7.05 Å². The van der Waals surface area contributed by atoms with E-state index in [9.17, 15) is 0 Å². The molecular formula is C18H18N+. The quantitative estimate of drug-likeness (QED) is 0.574. The number of nitrogens with zero attached hydrogens (tertiary/aromatic N) is 1. The average molecular weight is 248 g/mol. The molecule has 1 heteroatoms. The molecule has 0 atom stereocenters. The van der Waals surface area contributed by atoms with Gasteiger partial charge in [-0.1, -0.05) is 30.3 Å². The van der Waals surface area contributed by atoms with Gasteiger partial charge in [-0.05, 0) is 37.1 Å². The van der Waals surface area contributed by atoms with E-state index in [0.29, 0.717) is 0 Å². The Hall–Kier alpha value is -2.15. The monoisotopic (exact) mass is 248 g/mol. The van der Waals surface area contributed by atoms with E-state index >= 15 is 0 Å². The molecule has 1 aromatic heterocycles. The van der Waals surface area contributed by atoms with E-state index in [0.717, 1.165) is 0 Å². The van der Waals surface area contributed by atoms with Crippen LogP contribution in [0.2, 0.25) is 0 Å². The number of hydrogen-bond acceptors (Lipinski definition) is 0. The van der Waals surface area contributed by atoms with E-state index in [2.05, 4.69) is 80.1 Å². The van der Waals surface area contributed by atoms with Crippen molar-refractivity contribution < 1.29 is 4.57 Å². The van der Waals surface area contributed by atoms with Crippen LogP contribution in [0.4, 0.5) is 0 Å². The van der Waals surface area contributed by atoms with Crippen LogP contribution >= 0.6 is 0 Å². The number of aryl methyl sites for hydroxylation is 3. The van der Waals surface area contributed by atoms with Crippen LogP contribution in [-0.4, -0.2) is 0 Å². The van der Waals surface area contributed by atoms with Crippen molar-refractivity contribution in [3.8, 4) is 11.3 Å². The van der Waals surface area contributed by atoms with Gasteiger partial charge >= 0.3 is 0 Å². The number of hydrogen-bond donors (Lipinski definition) is 0. The van der Waals surface area contributed by atoms with Crippen molar-refractivity contribution in [1.82, 2.24) is 0 Å². The number of pyridine rings is 1. The molecule has 0 aliphatic rings. The summed E-state index contributed by atoms with van der Waals surface area (Å²) in [6.45, 7) is 4.36. The Morgan fingerprint density at radius 2 is 1.42 bits per heavy atom. The van der Waals surface area contributed by atoms with Crippen molar-refractivity contribution in [3.05, 3.63) is 65.7 Å². The second-order valence-corrected chi connectivity index (χ2v) is 5.10. The Balaban J connectivity index is 2.35. The third-order valence-electron chi connectivity index (χ3n) is 3.82. The number of fused-ring (bicyclic) bond motifs is 1. The Bertz CT molecular complexity index is 736. The highest BCUT2D eigenvalue weighted by atomic mass is 14.9. The molecule has 0 spiro atoms. The minimum Gasteiger partial charge on any atom is -0.194 e. The summed E-state index contributed by atoms with van der Waals surface area (Å²) in [5.41, 5.74) is 6.53. The molecule has 0 aliphatic heterocycles. The highest BCUT2D eigenvalue weighted by molar-refractivity contribution is 5.78. The Morgan fingerprint density at radius 1 is 0.737 bits per heavy atom. The third-order valence-corrected chi connectivity index (χ3v) is 3.82. The maximum atomic E-state index is 2.28. The molecule has 3 rings (SSSR count). The summed E-state index contributed by atoms with van der Waals surface area (Å²) in [7, 11) is 2.14. The second kappa shape index (κ2) is 4.51. The van der Waals surface area contributed by atoms with Gasteiger partial charge in [-0.15, -0.1) is 0 Å². The molecule has 0 amide bonds. The van der Waals surface area contributed by atoms with Gasteiger partial charge in [-0.25, -0.2) is 0 Å². The topological polar surface area (TPSA) is 3.88 Å². The van der Waals surface area contributed by atoms with Gasteiger partial charge < -0.3 is 0 Å². The molecule has 0 aliphatic carbocycles. The fourth-order valence-corrected chi connectivity index (χ4v) is 2.81. The van der Waals surface area contributed by atoms with E-state index in [1.54, 1.807) is 0 Å². The van der Waals surface area contributed by atoms with Gasteiger partial charge in [0.05, 0.1) is 5.56 Å². The Kier molecular flexibility index (Phi) is 2.83. The summed E-state index contributed by atoms with van der Waals surface area (Å²) in [6.07, 6.45) is 0. The van der Waals surface area contributed by atoms with Crippen molar-refractivity contribution in [2.45, 2.75) is 13.8 Å². The molecule has 19 heavy (non-hydrogen) atoms. The molecule has 1 heterocycles. The fraction of sp³-hybridized carbons (Fsp3) is 0.167. The smallest absolute Gasteiger partial charge is 0.194 e. The highest BCUT2D eigenvalue weighted by Crippen LogP contribution is 2.25. The predicted octanol–water partition coefficient (Wildman–Crippen LogP) is 3.95. The number of benzene rings is 2. The van der Waals surface area contributed by atoms with Crippen LogP contribution in [0.25, 0.3) is 22.2 Å². The van der Waals surface area contributed by atoms with Crippen LogP contribution in [0.5, 0.6) is 0 Å². The summed E-state index contributed by atoms with van der Waals surface area (Å²) in [5, 5.41) is 1.28. The lowest BCUT2D eigenvalue weighted by atomic mass is 9.98. The average Bonchev–Trinajstić information content (AvgIpc) is 2.41. The summed E-state index contributed by atoms with van der Waals surface area (Å²) in [4.78, 5) is 0. The van der Waals surface area contributed by atoms with Gasteiger partial charge in [0.15, 0.2) is 0 Å². The molecule has 0 unspecified atom stereocenters. The fourth-order valence-electron chi connectivity index (χ4n) is 2.81. The molecule has 0 saturated carbocycles. The Morgan fingerprint density at radius 3 is 2.16 bits per heavy atom. The van der Waals surface area contributed by atoms with Crippen LogP contribution < -0.4 is 4.57 Å². The normalized spacial score (nSPS) is 10.9. The van der Waals surface area contributed by atoms with Crippen molar-refractivity contribution in [1.29, 1.82) is 0 Å². The number of para-hydroxylation sites is 1. The summed E-state index contributed by atoms with van der Waals surface area (Å²) < 4.78 is 2.28. The SMILES string of the molecule is Cc1cccc(C)c1-c1ccc2ccccc2[n+]1C. The van der Waals surface area contributed by atoms with Gasteiger partial charge in [0.1, 0.15) is 7.05 Å². The molecule has 1 nitrogen and oxygen atoms in total. The summed E-state index contributed by atoms with van der Waals surface area (Å²) in [5.74, 6) is 0. The first-order valence-corrected chi connectivity index (χ1v) is 6.63. The zero-order chi connectivity index (χ0) is 13.4. The van der Waals surface area contributed by atoms with E-state index in [-0.39, 0.29) is 0 Å². The van der Waals surface area contributed by atoms with Gasteiger partial charge in [-0.3, -0.25) is 0 Å². The lowest BCUT2D eigenvalue weighted by Crippen LogP contribution is -2.32. The second-order valence-electron chi connectivity index (χ2n) is 5.10. The zero-order valence-electron chi connectivity index (χ0n) is 11.6. The predicted molar refractivity (Wildman–Crippen MR) is 80.0 cm³/mol. The molecule has 0 fully saturated rings. The third kappa shape index (κ3) is 1.91. The maximum Gasteiger partial charge on any atom is 0.213 e. The summed E-state index contributed by atoms with van der Waals surface area (Å²) >= 11 is 0. The number of rotatable bonds is 1. The standard InChI is InChI=1S/C18H18N/c1-13-7-6-8-14(2)18(13)17-12-11-15-9-4-5-10-16(15)19(17)3/h4-12H,1-3H3/q+1. The van der Waals surface area contributed by atoms with E-state index in [4.69, 9.17) is 0 Å². The maximum absolute atomic E-state index is 2.28. The zero-order valence-corrected chi connectivity index (χ0v) is 11.6. The first kappa shape index (κ1) is 11.9. The highest BCUT2D eigenvalue weighted by Gasteiger charge is 2.16. The van der Waals surface area contributed by atoms with Crippen molar-refractivity contribution in [2.75, 3.05) is 0 Å². The first-order chi connectivity index (χ1) is 9.18. The van der Waals surface area contributed by atoms with Crippen LogP contribution in [0.1, 0.15) is 11.1 Å². The number of aromatic nitrogens is 1. The van der Waals surface area contributed by atoms with Crippen LogP contribution in [0.3, 0.4) is 0 Å². The lowest BCUT2D eigenvalue weighted by Gasteiger charge is -2.09. The van der Waals surface area contributed by atoms with Gasteiger partial charge in [0.25, 0.3) is 0 Å². The van der Waals surface area contributed by atoms with E-state index in [1.807, 2.05) is 0 Å². The van der Waals surface area contributed by atoms with Gasteiger partial charge in [0, 0.05) is 17.5 Å².